The quantitative estimate of drug-likeness (QED) is 0.760. The molecule has 0 aliphatic heterocycles. The van der Waals surface area contributed by atoms with Crippen LogP contribution in [0.5, 0.6) is 0 Å². The van der Waals surface area contributed by atoms with E-state index in [1.807, 2.05) is 12.3 Å². The summed E-state index contributed by atoms with van der Waals surface area (Å²) in [5.41, 5.74) is 1.95. The van der Waals surface area contributed by atoms with E-state index in [4.69, 9.17) is 23.2 Å². The third-order valence-corrected chi connectivity index (χ3v) is 5.18. The van der Waals surface area contributed by atoms with Crippen LogP contribution in [0.2, 0.25) is 10.3 Å². The Hall–Kier alpha value is -0.710. The minimum Gasteiger partial charge on any atom is -0.246 e. The molecule has 0 amide bonds. The number of thiazole rings is 1. The largest absolute Gasteiger partial charge is 0.246 e. The van der Waals surface area contributed by atoms with Crippen LogP contribution in [-0.4, -0.2) is 15.0 Å². The van der Waals surface area contributed by atoms with Gasteiger partial charge in [0.15, 0.2) is 0 Å². The summed E-state index contributed by atoms with van der Waals surface area (Å²) in [6.07, 6.45) is 5.32. The lowest BCUT2D eigenvalue weighted by atomic mass is 10.0. The number of aromatic nitrogens is 3. The molecular weight excluding hydrogens is 313 g/mol. The van der Waals surface area contributed by atoms with Gasteiger partial charge in [0.25, 0.3) is 0 Å². The predicted molar refractivity (Wildman–Crippen MR) is 82.9 cm³/mol. The summed E-state index contributed by atoms with van der Waals surface area (Å²) in [7, 11) is 0. The maximum Gasteiger partial charge on any atom is 0.138 e. The zero-order valence-corrected chi connectivity index (χ0v) is 13.5. The zero-order valence-electron chi connectivity index (χ0n) is 11.2. The highest BCUT2D eigenvalue weighted by atomic mass is 35.5. The van der Waals surface area contributed by atoms with Crippen molar-refractivity contribution in [3.8, 4) is 0 Å². The van der Waals surface area contributed by atoms with E-state index < -0.39 is 0 Å². The first-order valence-corrected chi connectivity index (χ1v) is 8.40. The maximum absolute atomic E-state index is 6.33. The summed E-state index contributed by atoms with van der Waals surface area (Å²) in [5, 5.41) is 4.04. The summed E-state index contributed by atoms with van der Waals surface area (Å²) in [4.78, 5) is 13.3. The molecule has 3 rings (SSSR count). The van der Waals surface area contributed by atoms with E-state index in [-0.39, 0.29) is 0 Å². The average molecular weight is 328 g/mol. The molecule has 0 bridgehead atoms. The second kappa shape index (κ2) is 5.96. The van der Waals surface area contributed by atoms with Gasteiger partial charge in [-0.15, -0.1) is 11.3 Å². The highest BCUT2D eigenvalue weighted by Gasteiger charge is 2.24. The first kappa shape index (κ1) is 14.2. The molecule has 6 heteroatoms. The third-order valence-electron chi connectivity index (χ3n) is 3.64. The summed E-state index contributed by atoms with van der Waals surface area (Å²) >= 11 is 14.3. The molecule has 20 heavy (non-hydrogen) atoms. The van der Waals surface area contributed by atoms with Crippen LogP contribution in [-0.2, 0) is 6.42 Å². The molecule has 0 aromatic carbocycles. The van der Waals surface area contributed by atoms with Crippen LogP contribution in [0.1, 0.15) is 53.7 Å². The lowest BCUT2D eigenvalue weighted by molar-refractivity contribution is 0.710. The van der Waals surface area contributed by atoms with Crippen LogP contribution >= 0.6 is 34.5 Å². The molecule has 0 spiro atoms. The van der Waals surface area contributed by atoms with Gasteiger partial charge < -0.3 is 0 Å². The molecule has 2 aromatic rings. The van der Waals surface area contributed by atoms with Crippen molar-refractivity contribution in [3.05, 3.63) is 37.8 Å². The van der Waals surface area contributed by atoms with Crippen LogP contribution < -0.4 is 0 Å². The fourth-order valence-corrected chi connectivity index (χ4v) is 4.21. The predicted octanol–water partition coefficient (Wildman–Crippen LogP) is 4.80. The van der Waals surface area contributed by atoms with E-state index in [1.165, 1.54) is 12.8 Å². The second-order valence-electron chi connectivity index (χ2n) is 5.18. The van der Waals surface area contributed by atoms with Gasteiger partial charge in [0.1, 0.15) is 21.1 Å². The molecule has 1 fully saturated rings. The van der Waals surface area contributed by atoms with Crippen LogP contribution in [0, 0.1) is 6.92 Å². The Balaban J connectivity index is 1.87. The average Bonchev–Trinajstić information content (AvgIpc) is 3.01. The molecule has 0 N–H and O–H groups in total. The summed E-state index contributed by atoms with van der Waals surface area (Å²) < 4.78 is 0. The SMILES string of the molecule is Cc1csc(Cc2nc(Cl)c(C3CCCC3)c(Cl)n2)n1. The normalized spacial score (nSPS) is 15.9. The molecule has 0 radical (unpaired) electrons. The molecule has 2 aromatic heterocycles. The van der Waals surface area contributed by atoms with Crippen molar-refractivity contribution in [2.75, 3.05) is 0 Å². The lowest BCUT2D eigenvalue weighted by Crippen LogP contribution is -2.04. The van der Waals surface area contributed by atoms with Gasteiger partial charge in [0.05, 0.1) is 6.42 Å². The Morgan fingerprint density at radius 1 is 1.15 bits per heavy atom. The van der Waals surface area contributed by atoms with Crippen LogP contribution in [0.15, 0.2) is 5.38 Å². The van der Waals surface area contributed by atoms with Gasteiger partial charge in [-0.3, -0.25) is 0 Å². The zero-order chi connectivity index (χ0) is 14.1. The van der Waals surface area contributed by atoms with Gasteiger partial charge >= 0.3 is 0 Å². The second-order valence-corrected chi connectivity index (χ2v) is 6.83. The van der Waals surface area contributed by atoms with E-state index in [9.17, 15) is 0 Å². The molecule has 0 saturated heterocycles. The van der Waals surface area contributed by atoms with E-state index in [1.54, 1.807) is 11.3 Å². The Morgan fingerprint density at radius 2 is 1.80 bits per heavy atom. The van der Waals surface area contributed by atoms with Crippen molar-refractivity contribution >= 4 is 34.5 Å². The van der Waals surface area contributed by atoms with E-state index in [2.05, 4.69) is 15.0 Å². The summed E-state index contributed by atoms with van der Waals surface area (Å²) in [6, 6.07) is 0. The van der Waals surface area contributed by atoms with E-state index >= 15 is 0 Å². The van der Waals surface area contributed by atoms with Crippen molar-refractivity contribution in [2.24, 2.45) is 0 Å². The van der Waals surface area contributed by atoms with Gasteiger partial charge in [-0.1, -0.05) is 36.0 Å². The van der Waals surface area contributed by atoms with Gasteiger partial charge in [-0.2, -0.15) is 0 Å². The maximum atomic E-state index is 6.33. The fraction of sp³-hybridized carbons (Fsp3) is 0.500. The summed E-state index contributed by atoms with van der Waals surface area (Å²) in [6.45, 7) is 1.98. The van der Waals surface area contributed by atoms with Gasteiger partial charge in [0.2, 0.25) is 0 Å². The van der Waals surface area contributed by atoms with Gasteiger partial charge in [0, 0.05) is 16.6 Å². The van der Waals surface area contributed by atoms with Crippen molar-refractivity contribution in [1.29, 1.82) is 0 Å². The standard InChI is InChI=1S/C14H15Cl2N3S/c1-8-7-20-11(17-8)6-10-18-13(15)12(14(16)19-10)9-4-2-3-5-9/h7,9H,2-6H2,1H3. The Bertz CT molecular complexity index is 598. The van der Waals surface area contributed by atoms with Crippen molar-refractivity contribution in [3.63, 3.8) is 0 Å². The number of hydrogen-bond acceptors (Lipinski definition) is 4. The molecule has 1 saturated carbocycles. The van der Waals surface area contributed by atoms with Crippen molar-refractivity contribution in [1.82, 2.24) is 15.0 Å². The fourth-order valence-electron chi connectivity index (χ4n) is 2.71. The van der Waals surface area contributed by atoms with Crippen LogP contribution in [0.3, 0.4) is 0 Å². The Kier molecular flexibility index (Phi) is 4.24. The number of rotatable bonds is 3. The number of aryl methyl sites for hydroxylation is 1. The van der Waals surface area contributed by atoms with Crippen molar-refractivity contribution in [2.45, 2.75) is 44.9 Å². The Morgan fingerprint density at radius 3 is 2.35 bits per heavy atom. The highest BCUT2D eigenvalue weighted by molar-refractivity contribution is 7.09. The van der Waals surface area contributed by atoms with E-state index in [0.717, 1.165) is 29.1 Å². The lowest BCUT2D eigenvalue weighted by Gasteiger charge is -2.13. The smallest absolute Gasteiger partial charge is 0.138 e. The molecule has 3 nitrogen and oxygen atoms in total. The van der Waals surface area contributed by atoms with Crippen molar-refractivity contribution < 1.29 is 0 Å². The minimum atomic E-state index is 0.422. The topological polar surface area (TPSA) is 38.7 Å². The molecule has 0 atom stereocenters. The molecule has 0 unspecified atom stereocenters. The first-order valence-electron chi connectivity index (χ1n) is 6.76. The first-order chi connectivity index (χ1) is 9.63. The third kappa shape index (κ3) is 2.97. The van der Waals surface area contributed by atoms with E-state index in [0.29, 0.717) is 28.5 Å². The minimum absolute atomic E-state index is 0.422. The van der Waals surface area contributed by atoms with Crippen LogP contribution in [0.4, 0.5) is 0 Å². The summed E-state index contributed by atoms with van der Waals surface area (Å²) in [5.74, 6) is 1.07. The molecular formula is C14H15Cl2N3S. The Labute approximate surface area is 132 Å². The molecule has 2 heterocycles. The number of halogens is 2. The highest BCUT2D eigenvalue weighted by Crippen LogP contribution is 2.40. The molecule has 1 aliphatic carbocycles. The molecule has 1 aliphatic rings. The number of nitrogens with zero attached hydrogens (tertiary/aromatic N) is 3. The number of hydrogen-bond donors (Lipinski definition) is 0. The molecule has 106 valence electrons. The van der Waals surface area contributed by atoms with Gasteiger partial charge in [-0.25, -0.2) is 15.0 Å². The monoisotopic (exact) mass is 327 g/mol. The van der Waals surface area contributed by atoms with Gasteiger partial charge in [-0.05, 0) is 25.7 Å². The van der Waals surface area contributed by atoms with Crippen LogP contribution in [0.25, 0.3) is 0 Å².